The number of rotatable bonds is 5. The first-order valence-electron chi connectivity index (χ1n) is 7.70. The number of anilines is 1. The molecule has 26 heavy (non-hydrogen) atoms. The van der Waals surface area contributed by atoms with Crippen molar-refractivity contribution in [3.63, 3.8) is 0 Å². The van der Waals surface area contributed by atoms with Gasteiger partial charge in [-0.1, -0.05) is 0 Å². The molecule has 0 aliphatic rings. The van der Waals surface area contributed by atoms with Crippen molar-refractivity contribution in [3.8, 4) is 0 Å². The third-order valence-corrected chi connectivity index (χ3v) is 5.01. The highest BCUT2D eigenvalue weighted by molar-refractivity contribution is 7.89. The average Bonchev–Trinajstić information content (AvgIpc) is 2.95. The Hall–Kier alpha value is -2.85. The van der Waals surface area contributed by atoms with Gasteiger partial charge in [0.1, 0.15) is 5.82 Å². The summed E-state index contributed by atoms with van der Waals surface area (Å²) in [6, 6.07) is 7.88. The maximum Gasteiger partial charge on any atom is 0.258 e. The average molecular weight is 377 g/mol. The minimum absolute atomic E-state index is 0.0128. The van der Waals surface area contributed by atoms with Crippen LogP contribution >= 0.6 is 0 Å². The van der Waals surface area contributed by atoms with E-state index in [1.54, 1.807) is 13.8 Å². The highest BCUT2D eigenvalue weighted by atomic mass is 32.2. The number of carbonyl (C=O) groups excluding carboxylic acids is 1. The molecule has 3 rings (SSSR count). The van der Waals surface area contributed by atoms with E-state index in [9.17, 15) is 17.6 Å². The van der Waals surface area contributed by atoms with Crippen molar-refractivity contribution in [2.24, 2.45) is 0 Å². The third-order valence-electron chi connectivity index (χ3n) is 3.34. The summed E-state index contributed by atoms with van der Waals surface area (Å²) < 4.78 is 41.0. The zero-order valence-electron chi connectivity index (χ0n) is 14.0. The first kappa shape index (κ1) is 18.0. The summed E-state index contributed by atoms with van der Waals surface area (Å²) in [6.07, 6.45) is 1.14. The summed E-state index contributed by atoms with van der Waals surface area (Å²) in [6.45, 7) is 3.43. The van der Waals surface area contributed by atoms with Crippen molar-refractivity contribution in [1.82, 2.24) is 19.3 Å². The van der Waals surface area contributed by atoms with Gasteiger partial charge in [-0.15, -0.1) is 5.10 Å². The second kappa shape index (κ2) is 6.81. The van der Waals surface area contributed by atoms with Gasteiger partial charge >= 0.3 is 0 Å². The summed E-state index contributed by atoms with van der Waals surface area (Å²) >= 11 is 0. The molecule has 0 unspecified atom stereocenters. The van der Waals surface area contributed by atoms with Crippen LogP contribution in [-0.4, -0.2) is 35.0 Å². The van der Waals surface area contributed by atoms with Crippen LogP contribution in [-0.2, 0) is 10.0 Å². The van der Waals surface area contributed by atoms with Gasteiger partial charge < -0.3 is 0 Å². The van der Waals surface area contributed by atoms with E-state index in [4.69, 9.17) is 0 Å². The number of sulfonamides is 1. The van der Waals surface area contributed by atoms with E-state index in [1.165, 1.54) is 40.9 Å². The van der Waals surface area contributed by atoms with Crippen LogP contribution in [0.15, 0.2) is 47.5 Å². The Morgan fingerprint density at radius 1 is 1.15 bits per heavy atom. The number of aromatic nitrogens is 3. The predicted molar refractivity (Wildman–Crippen MR) is 92.8 cm³/mol. The molecule has 0 radical (unpaired) electrons. The lowest BCUT2D eigenvalue weighted by Crippen LogP contribution is -2.30. The Balaban J connectivity index is 1.77. The van der Waals surface area contributed by atoms with E-state index in [0.29, 0.717) is 5.65 Å². The maximum absolute atomic E-state index is 13.2. The van der Waals surface area contributed by atoms with Crippen LogP contribution in [0.2, 0.25) is 0 Å². The molecule has 0 fully saturated rings. The van der Waals surface area contributed by atoms with Crippen LogP contribution in [0.3, 0.4) is 0 Å². The van der Waals surface area contributed by atoms with E-state index in [-0.39, 0.29) is 22.4 Å². The Bertz CT molecular complexity index is 1060. The van der Waals surface area contributed by atoms with Gasteiger partial charge in [0.05, 0.1) is 11.1 Å². The normalized spacial score (nSPS) is 11.8. The molecule has 0 bridgehead atoms. The quantitative estimate of drug-likeness (QED) is 0.705. The summed E-state index contributed by atoms with van der Waals surface area (Å²) in [7, 11) is -3.63. The number of nitrogens with one attached hydrogen (secondary N) is 2. The number of carbonyl (C=O) groups is 1. The molecule has 1 amide bonds. The first-order valence-corrected chi connectivity index (χ1v) is 9.18. The van der Waals surface area contributed by atoms with Crippen molar-refractivity contribution >= 4 is 27.5 Å². The fourth-order valence-corrected chi connectivity index (χ4v) is 3.50. The zero-order chi connectivity index (χ0) is 18.9. The second-order valence-electron chi connectivity index (χ2n) is 5.84. The molecule has 0 saturated carbocycles. The van der Waals surface area contributed by atoms with Crippen molar-refractivity contribution < 1.29 is 17.6 Å². The van der Waals surface area contributed by atoms with E-state index in [0.717, 1.165) is 6.20 Å². The summed E-state index contributed by atoms with van der Waals surface area (Å²) in [5.41, 5.74) is 0.612. The SMILES string of the molecule is CC(C)NS(=O)(=O)c1ccc(C(=O)Nc2nc3ccc(F)cn3n2)cc1. The number of benzene rings is 1. The van der Waals surface area contributed by atoms with Gasteiger partial charge in [0, 0.05) is 11.6 Å². The molecular formula is C16H16FN5O3S. The van der Waals surface area contributed by atoms with Gasteiger partial charge in [0.15, 0.2) is 5.65 Å². The highest BCUT2D eigenvalue weighted by Crippen LogP contribution is 2.13. The lowest BCUT2D eigenvalue weighted by atomic mass is 10.2. The van der Waals surface area contributed by atoms with Crippen LogP contribution in [0.4, 0.5) is 10.3 Å². The van der Waals surface area contributed by atoms with Gasteiger partial charge in [-0.25, -0.2) is 22.0 Å². The van der Waals surface area contributed by atoms with E-state index in [2.05, 4.69) is 20.1 Å². The monoisotopic (exact) mass is 377 g/mol. The second-order valence-corrected chi connectivity index (χ2v) is 7.55. The molecule has 0 spiro atoms. The van der Waals surface area contributed by atoms with E-state index in [1.807, 2.05) is 0 Å². The molecule has 136 valence electrons. The molecule has 0 atom stereocenters. The number of halogens is 1. The first-order chi connectivity index (χ1) is 12.2. The number of amides is 1. The van der Waals surface area contributed by atoms with Crippen LogP contribution in [0.5, 0.6) is 0 Å². The lowest BCUT2D eigenvalue weighted by molar-refractivity contribution is 0.102. The van der Waals surface area contributed by atoms with Crippen molar-refractivity contribution in [3.05, 3.63) is 54.0 Å². The molecule has 2 N–H and O–H groups in total. The van der Waals surface area contributed by atoms with Crippen molar-refractivity contribution in [1.29, 1.82) is 0 Å². The zero-order valence-corrected chi connectivity index (χ0v) is 14.8. The molecule has 8 nitrogen and oxygen atoms in total. The Morgan fingerprint density at radius 2 is 1.85 bits per heavy atom. The lowest BCUT2D eigenvalue weighted by Gasteiger charge is -2.09. The van der Waals surface area contributed by atoms with Crippen LogP contribution < -0.4 is 10.0 Å². The smallest absolute Gasteiger partial charge is 0.258 e. The predicted octanol–water partition coefficient (Wildman–Crippen LogP) is 1.81. The number of nitrogens with zero attached hydrogens (tertiary/aromatic N) is 3. The van der Waals surface area contributed by atoms with Crippen LogP contribution in [0.1, 0.15) is 24.2 Å². The molecule has 0 saturated heterocycles. The molecule has 0 aliphatic carbocycles. The van der Waals surface area contributed by atoms with Crippen molar-refractivity contribution in [2.75, 3.05) is 5.32 Å². The van der Waals surface area contributed by atoms with E-state index < -0.39 is 21.7 Å². The number of pyridine rings is 1. The molecular weight excluding hydrogens is 361 g/mol. The van der Waals surface area contributed by atoms with Gasteiger partial charge in [0.2, 0.25) is 16.0 Å². The molecule has 3 aromatic rings. The maximum atomic E-state index is 13.2. The molecule has 0 aliphatic heterocycles. The van der Waals surface area contributed by atoms with Crippen LogP contribution in [0, 0.1) is 5.82 Å². The standard InChI is InChI=1S/C16H16FN5O3S/c1-10(2)21-26(24,25)13-6-3-11(4-7-13)15(23)19-16-18-14-8-5-12(17)9-22(14)20-16/h3-10,21H,1-2H3,(H,19,20,23). The van der Waals surface area contributed by atoms with Gasteiger partial charge in [-0.05, 0) is 50.2 Å². The summed E-state index contributed by atoms with van der Waals surface area (Å²) in [5.74, 6) is -0.979. The number of hydrogen-bond acceptors (Lipinski definition) is 5. The van der Waals surface area contributed by atoms with Gasteiger partial charge in [0.25, 0.3) is 5.91 Å². The fraction of sp³-hybridized carbons (Fsp3) is 0.188. The Morgan fingerprint density at radius 3 is 2.50 bits per heavy atom. The third kappa shape index (κ3) is 3.86. The molecule has 2 heterocycles. The van der Waals surface area contributed by atoms with Crippen LogP contribution in [0.25, 0.3) is 5.65 Å². The molecule has 1 aromatic carbocycles. The molecule has 2 aromatic heterocycles. The Labute approximate surface area is 149 Å². The summed E-state index contributed by atoms with van der Waals surface area (Å²) in [4.78, 5) is 16.4. The van der Waals surface area contributed by atoms with Gasteiger partial charge in [-0.2, -0.15) is 4.98 Å². The number of fused-ring (bicyclic) bond motifs is 1. The molecule has 10 heteroatoms. The Kier molecular flexibility index (Phi) is 4.70. The van der Waals surface area contributed by atoms with Gasteiger partial charge in [-0.3, -0.25) is 10.1 Å². The fourth-order valence-electron chi connectivity index (χ4n) is 2.25. The largest absolute Gasteiger partial charge is 0.289 e. The van der Waals surface area contributed by atoms with Crippen molar-refractivity contribution in [2.45, 2.75) is 24.8 Å². The summed E-state index contributed by atoms with van der Waals surface area (Å²) in [5, 5.41) is 6.44. The highest BCUT2D eigenvalue weighted by Gasteiger charge is 2.16. The number of hydrogen-bond donors (Lipinski definition) is 2. The topological polar surface area (TPSA) is 105 Å². The minimum Gasteiger partial charge on any atom is -0.289 e. The van der Waals surface area contributed by atoms with E-state index >= 15 is 0 Å². The minimum atomic E-state index is -3.63.